The maximum Gasteiger partial charge on any atom is 0.225 e. The van der Waals surface area contributed by atoms with E-state index in [4.69, 9.17) is 0 Å². The quantitative estimate of drug-likeness (QED) is 0.787. The van der Waals surface area contributed by atoms with Crippen LogP contribution < -0.4 is 5.32 Å². The fourth-order valence-electron chi connectivity index (χ4n) is 3.48. The Morgan fingerprint density at radius 3 is 2.23 bits per heavy atom. The molecule has 1 fully saturated rings. The number of para-hydroxylation sites is 1. The van der Waals surface area contributed by atoms with Crippen LogP contribution in [0.25, 0.3) is 0 Å². The molecule has 0 bridgehead atoms. The van der Waals surface area contributed by atoms with Crippen LogP contribution in [0.2, 0.25) is 0 Å². The number of hydrogen-bond acceptors (Lipinski definition) is 4. The number of hydrogen-bond donors (Lipinski definition) is 1. The third-order valence-corrected chi connectivity index (χ3v) is 6.91. The van der Waals surface area contributed by atoms with E-state index in [-0.39, 0.29) is 23.5 Å². The Balaban J connectivity index is 2.02. The third kappa shape index (κ3) is 5.30. The molecule has 1 aliphatic heterocycles. The molecule has 6 heteroatoms. The van der Waals surface area contributed by atoms with Crippen molar-refractivity contribution in [3.05, 3.63) is 29.3 Å². The van der Waals surface area contributed by atoms with Gasteiger partial charge < -0.3 is 10.2 Å². The molecule has 26 heavy (non-hydrogen) atoms. The summed E-state index contributed by atoms with van der Waals surface area (Å²) in [6.07, 6.45) is 1.02. The van der Waals surface area contributed by atoms with Gasteiger partial charge in [-0.1, -0.05) is 45.9 Å². The van der Waals surface area contributed by atoms with E-state index in [0.717, 1.165) is 16.8 Å². The molecule has 1 heterocycles. The fourth-order valence-corrected chi connectivity index (χ4v) is 5.29. The van der Waals surface area contributed by atoms with Crippen LogP contribution in [-0.2, 0) is 14.6 Å². The van der Waals surface area contributed by atoms with Crippen molar-refractivity contribution in [3.8, 4) is 0 Å². The van der Waals surface area contributed by atoms with E-state index < -0.39 is 9.84 Å². The number of rotatable bonds is 7. The minimum Gasteiger partial charge on any atom is -0.326 e. The maximum absolute atomic E-state index is 12.6. The van der Waals surface area contributed by atoms with E-state index in [0.29, 0.717) is 31.2 Å². The zero-order valence-corrected chi connectivity index (χ0v) is 17.4. The van der Waals surface area contributed by atoms with Gasteiger partial charge in [0.15, 0.2) is 9.84 Å². The van der Waals surface area contributed by atoms with Crippen LogP contribution in [-0.4, -0.2) is 50.4 Å². The predicted molar refractivity (Wildman–Crippen MR) is 108 cm³/mol. The van der Waals surface area contributed by atoms with Gasteiger partial charge in [-0.05, 0) is 36.4 Å². The Bertz CT molecular complexity index is 715. The van der Waals surface area contributed by atoms with Crippen LogP contribution in [0.15, 0.2) is 18.2 Å². The summed E-state index contributed by atoms with van der Waals surface area (Å²) in [5, 5.41) is 3.12. The largest absolute Gasteiger partial charge is 0.326 e. The summed E-state index contributed by atoms with van der Waals surface area (Å²) in [6.45, 7) is 9.08. The van der Waals surface area contributed by atoms with Crippen LogP contribution in [0.5, 0.6) is 0 Å². The lowest BCUT2D eigenvalue weighted by Gasteiger charge is -2.23. The molecule has 1 N–H and O–H groups in total. The Morgan fingerprint density at radius 1 is 1.19 bits per heavy atom. The number of amides is 1. The molecule has 2 rings (SSSR count). The zero-order valence-electron chi connectivity index (χ0n) is 16.6. The lowest BCUT2D eigenvalue weighted by atomic mass is 9.92. The summed E-state index contributed by atoms with van der Waals surface area (Å²) in [7, 11) is -0.997. The van der Waals surface area contributed by atoms with Gasteiger partial charge in [-0.3, -0.25) is 4.79 Å². The molecule has 1 saturated heterocycles. The molecular formula is C20H32N2O3S. The van der Waals surface area contributed by atoms with E-state index in [9.17, 15) is 13.2 Å². The predicted octanol–water partition coefficient (Wildman–Crippen LogP) is 3.38. The van der Waals surface area contributed by atoms with Crippen LogP contribution in [0.4, 0.5) is 5.69 Å². The third-order valence-electron chi connectivity index (χ3n) is 5.16. The molecule has 1 aromatic carbocycles. The van der Waals surface area contributed by atoms with Crippen molar-refractivity contribution in [1.82, 2.24) is 4.90 Å². The van der Waals surface area contributed by atoms with Crippen molar-refractivity contribution >= 4 is 21.4 Å². The Morgan fingerprint density at radius 2 is 1.77 bits per heavy atom. The number of benzene rings is 1. The van der Waals surface area contributed by atoms with E-state index >= 15 is 0 Å². The lowest BCUT2D eigenvalue weighted by Crippen LogP contribution is -2.35. The molecule has 0 saturated carbocycles. The van der Waals surface area contributed by atoms with Gasteiger partial charge in [0, 0.05) is 24.7 Å². The smallest absolute Gasteiger partial charge is 0.225 e. The Kier molecular flexibility index (Phi) is 6.86. The standard InChI is InChI=1S/C20H32N2O3S/c1-14(2)17-7-6-8-18(15(3)4)20(17)21-19(23)9-11-22(5)16-10-12-26(24,25)13-16/h6-8,14-16H,9-13H2,1-5H3,(H,21,23). The second-order valence-corrected chi connectivity index (χ2v) is 10.2. The average Bonchev–Trinajstić information content (AvgIpc) is 2.92. The van der Waals surface area contributed by atoms with Gasteiger partial charge in [-0.15, -0.1) is 0 Å². The summed E-state index contributed by atoms with van der Waals surface area (Å²) in [5.74, 6) is 1.10. The maximum atomic E-state index is 12.6. The van der Waals surface area contributed by atoms with Crippen molar-refractivity contribution in [3.63, 3.8) is 0 Å². The van der Waals surface area contributed by atoms with Gasteiger partial charge >= 0.3 is 0 Å². The number of carbonyl (C=O) groups is 1. The zero-order chi connectivity index (χ0) is 19.5. The first-order valence-corrected chi connectivity index (χ1v) is 11.3. The minimum absolute atomic E-state index is 0.0206. The van der Waals surface area contributed by atoms with Gasteiger partial charge in [-0.25, -0.2) is 8.42 Å². The number of nitrogens with one attached hydrogen (secondary N) is 1. The van der Waals surface area contributed by atoms with Crippen molar-refractivity contribution < 1.29 is 13.2 Å². The Hall–Kier alpha value is -1.40. The molecule has 1 atom stereocenters. The molecule has 0 radical (unpaired) electrons. The topological polar surface area (TPSA) is 66.5 Å². The lowest BCUT2D eigenvalue weighted by molar-refractivity contribution is -0.116. The summed E-state index contributed by atoms with van der Waals surface area (Å²) in [6, 6.07) is 6.22. The molecule has 0 aliphatic carbocycles. The van der Waals surface area contributed by atoms with E-state index in [1.807, 2.05) is 11.9 Å². The second kappa shape index (κ2) is 8.53. The molecule has 146 valence electrons. The highest BCUT2D eigenvalue weighted by Gasteiger charge is 2.30. The van der Waals surface area contributed by atoms with Crippen molar-refractivity contribution in [2.75, 3.05) is 30.4 Å². The summed E-state index contributed by atoms with van der Waals surface area (Å²) in [5.41, 5.74) is 3.24. The van der Waals surface area contributed by atoms with Crippen LogP contribution in [0, 0.1) is 0 Å². The van der Waals surface area contributed by atoms with Gasteiger partial charge in [0.1, 0.15) is 0 Å². The van der Waals surface area contributed by atoms with Gasteiger partial charge in [0.05, 0.1) is 11.5 Å². The molecule has 0 aromatic heterocycles. The summed E-state index contributed by atoms with van der Waals surface area (Å²) < 4.78 is 23.2. The average molecular weight is 381 g/mol. The van der Waals surface area contributed by atoms with Crippen LogP contribution >= 0.6 is 0 Å². The first kappa shape index (κ1) is 20.9. The highest BCUT2D eigenvalue weighted by Crippen LogP contribution is 2.32. The number of nitrogens with zero attached hydrogens (tertiary/aromatic N) is 1. The highest BCUT2D eigenvalue weighted by atomic mass is 32.2. The number of anilines is 1. The molecule has 1 aliphatic rings. The van der Waals surface area contributed by atoms with E-state index in [1.165, 1.54) is 0 Å². The highest BCUT2D eigenvalue weighted by molar-refractivity contribution is 7.91. The van der Waals surface area contributed by atoms with Gasteiger partial charge in [0.2, 0.25) is 5.91 Å². The molecule has 1 unspecified atom stereocenters. The molecule has 1 aromatic rings. The van der Waals surface area contributed by atoms with Crippen LogP contribution in [0.1, 0.15) is 63.5 Å². The van der Waals surface area contributed by atoms with Crippen LogP contribution in [0.3, 0.4) is 0 Å². The normalized spacial score (nSPS) is 19.5. The SMILES string of the molecule is CC(C)c1cccc(C(C)C)c1NC(=O)CCN(C)C1CCS(=O)(=O)C1. The molecule has 5 nitrogen and oxygen atoms in total. The van der Waals surface area contributed by atoms with E-state index in [1.54, 1.807) is 0 Å². The van der Waals surface area contributed by atoms with Crippen molar-refractivity contribution in [2.24, 2.45) is 0 Å². The number of carbonyl (C=O) groups excluding carboxylic acids is 1. The molecule has 0 spiro atoms. The first-order valence-electron chi connectivity index (χ1n) is 9.44. The van der Waals surface area contributed by atoms with Gasteiger partial charge in [-0.2, -0.15) is 0 Å². The van der Waals surface area contributed by atoms with Crippen molar-refractivity contribution in [1.29, 1.82) is 0 Å². The van der Waals surface area contributed by atoms with Crippen molar-refractivity contribution in [2.45, 2.75) is 58.4 Å². The Labute approximate surface area is 158 Å². The number of sulfone groups is 1. The monoisotopic (exact) mass is 380 g/mol. The molecule has 1 amide bonds. The summed E-state index contributed by atoms with van der Waals surface area (Å²) >= 11 is 0. The fraction of sp³-hybridized carbons (Fsp3) is 0.650. The summed E-state index contributed by atoms with van der Waals surface area (Å²) in [4.78, 5) is 14.6. The molecular weight excluding hydrogens is 348 g/mol. The minimum atomic E-state index is -2.90. The van der Waals surface area contributed by atoms with Gasteiger partial charge in [0.25, 0.3) is 0 Å². The van der Waals surface area contributed by atoms with E-state index in [2.05, 4.69) is 51.2 Å². The second-order valence-electron chi connectivity index (χ2n) is 7.96. The first-order chi connectivity index (χ1) is 12.1.